The van der Waals surface area contributed by atoms with Crippen molar-refractivity contribution < 1.29 is 0 Å². The topological polar surface area (TPSA) is 52.3 Å². The third-order valence-corrected chi connectivity index (χ3v) is 3.10. The van der Waals surface area contributed by atoms with Crippen molar-refractivity contribution >= 4 is 0 Å². The number of nitrogens with two attached hydrogens (primary N) is 1. The Labute approximate surface area is 74.5 Å². The first-order chi connectivity index (χ1) is 5.32. The van der Waals surface area contributed by atoms with Crippen LogP contribution in [0.5, 0.6) is 0 Å². The van der Waals surface area contributed by atoms with Gasteiger partial charge in [-0.05, 0) is 46.6 Å². The van der Waals surface area contributed by atoms with E-state index in [-0.39, 0.29) is 11.1 Å². The van der Waals surface area contributed by atoms with Crippen molar-refractivity contribution in [1.82, 2.24) is 5.06 Å². The van der Waals surface area contributed by atoms with Crippen LogP contribution in [0.3, 0.4) is 0 Å². The van der Waals surface area contributed by atoms with E-state index >= 15 is 0 Å². The summed E-state index contributed by atoms with van der Waals surface area (Å²) in [5.74, 6) is 0.324. The highest BCUT2D eigenvalue weighted by molar-refractivity contribution is 5.06. The number of rotatable bonds is 1. The highest BCUT2D eigenvalue weighted by Gasteiger charge is 2.45. The van der Waals surface area contributed by atoms with Gasteiger partial charge in [0.15, 0.2) is 0 Å². The van der Waals surface area contributed by atoms with Crippen molar-refractivity contribution in [3.05, 3.63) is 5.21 Å². The van der Waals surface area contributed by atoms with Gasteiger partial charge in [0.05, 0.1) is 0 Å². The second-order valence-electron chi connectivity index (χ2n) is 4.90. The van der Waals surface area contributed by atoms with Crippen LogP contribution in [0.15, 0.2) is 0 Å². The van der Waals surface area contributed by atoms with Gasteiger partial charge in [0.1, 0.15) is 0 Å². The van der Waals surface area contributed by atoms with E-state index in [1.165, 1.54) is 5.06 Å². The summed E-state index contributed by atoms with van der Waals surface area (Å²) in [5, 5.41) is 13.0. The molecule has 1 unspecified atom stereocenters. The Morgan fingerprint density at radius 1 is 1.42 bits per heavy atom. The number of hydrogen-bond acceptors (Lipinski definition) is 3. The second kappa shape index (κ2) is 2.69. The van der Waals surface area contributed by atoms with E-state index in [0.29, 0.717) is 12.5 Å². The third kappa shape index (κ3) is 1.26. The Balaban J connectivity index is 2.88. The van der Waals surface area contributed by atoms with E-state index in [1.807, 2.05) is 27.7 Å². The van der Waals surface area contributed by atoms with E-state index in [2.05, 4.69) is 0 Å². The fraction of sp³-hybridized carbons (Fsp3) is 1.00. The summed E-state index contributed by atoms with van der Waals surface area (Å²) < 4.78 is 0. The zero-order valence-electron chi connectivity index (χ0n) is 8.42. The molecule has 0 aliphatic carbocycles. The van der Waals surface area contributed by atoms with Crippen LogP contribution >= 0.6 is 0 Å². The second-order valence-corrected chi connectivity index (χ2v) is 4.90. The minimum Gasteiger partial charge on any atom is -0.784 e. The lowest BCUT2D eigenvalue weighted by molar-refractivity contribution is 0.129. The fourth-order valence-electron chi connectivity index (χ4n) is 2.25. The van der Waals surface area contributed by atoms with Gasteiger partial charge in [0, 0.05) is 11.1 Å². The van der Waals surface area contributed by atoms with Gasteiger partial charge in [-0.15, -0.1) is 0 Å². The molecule has 2 N–H and O–H groups in total. The van der Waals surface area contributed by atoms with Crippen LogP contribution in [0, 0.1) is 11.1 Å². The number of nitrogens with zero attached hydrogens (tertiary/aromatic N) is 1. The molecule has 1 atom stereocenters. The van der Waals surface area contributed by atoms with E-state index in [0.717, 1.165) is 6.42 Å². The highest BCUT2D eigenvalue weighted by atomic mass is 16.5. The summed E-state index contributed by atoms with van der Waals surface area (Å²) >= 11 is 0. The highest BCUT2D eigenvalue weighted by Crippen LogP contribution is 2.43. The lowest BCUT2D eigenvalue weighted by Crippen LogP contribution is -2.46. The molecule has 1 heterocycles. The van der Waals surface area contributed by atoms with Crippen molar-refractivity contribution in [2.24, 2.45) is 11.7 Å². The minimum atomic E-state index is -0.293. The van der Waals surface area contributed by atoms with E-state index < -0.39 is 0 Å². The van der Waals surface area contributed by atoms with Gasteiger partial charge in [-0.25, -0.2) is 0 Å². The zero-order valence-corrected chi connectivity index (χ0v) is 8.42. The molecule has 1 saturated heterocycles. The van der Waals surface area contributed by atoms with Crippen LogP contribution in [0.2, 0.25) is 0 Å². The summed E-state index contributed by atoms with van der Waals surface area (Å²) in [4.78, 5) is 0. The molecule has 0 spiro atoms. The molecule has 3 nitrogen and oxygen atoms in total. The van der Waals surface area contributed by atoms with Crippen LogP contribution in [0.25, 0.3) is 0 Å². The smallest absolute Gasteiger partial charge is 0.00783 e. The molecule has 0 bridgehead atoms. The molecule has 3 heteroatoms. The third-order valence-electron chi connectivity index (χ3n) is 3.10. The maximum atomic E-state index is 11.8. The van der Waals surface area contributed by atoms with Crippen molar-refractivity contribution in [2.75, 3.05) is 6.54 Å². The Kier molecular flexibility index (Phi) is 2.23. The molecule has 0 aromatic carbocycles. The summed E-state index contributed by atoms with van der Waals surface area (Å²) in [7, 11) is 0. The summed E-state index contributed by atoms with van der Waals surface area (Å²) in [6.45, 7) is 8.53. The standard InChI is InChI=1S/C9H19N2O/c1-8(2)5-7(6-10)9(3,4)11(8)12/h7H,5-6,10H2,1-4H3/q-1. The maximum Gasteiger partial charge on any atom is 0.00783 e. The summed E-state index contributed by atoms with van der Waals surface area (Å²) in [5.41, 5.74) is 5.09. The van der Waals surface area contributed by atoms with E-state index in [9.17, 15) is 5.21 Å². The van der Waals surface area contributed by atoms with Gasteiger partial charge in [-0.3, -0.25) is 0 Å². The monoisotopic (exact) mass is 171 g/mol. The first-order valence-electron chi connectivity index (χ1n) is 4.50. The van der Waals surface area contributed by atoms with Crippen LogP contribution in [0.1, 0.15) is 34.1 Å². The van der Waals surface area contributed by atoms with Gasteiger partial charge in [0.25, 0.3) is 0 Å². The minimum absolute atomic E-state index is 0.243. The molecule has 0 aromatic heterocycles. The van der Waals surface area contributed by atoms with Gasteiger partial charge >= 0.3 is 0 Å². The Hall–Kier alpha value is -0.120. The molecular weight excluding hydrogens is 152 g/mol. The predicted molar refractivity (Wildman–Crippen MR) is 50.5 cm³/mol. The van der Waals surface area contributed by atoms with Crippen molar-refractivity contribution in [3.8, 4) is 0 Å². The lowest BCUT2D eigenvalue weighted by Gasteiger charge is -2.47. The van der Waals surface area contributed by atoms with Gasteiger partial charge in [0.2, 0.25) is 0 Å². The molecule has 1 aliphatic rings. The average molecular weight is 171 g/mol. The molecule has 0 amide bonds. The fourth-order valence-corrected chi connectivity index (χ4v) is 2.25. The molecule has 1 fully saturated rings. The molecule has 1 rings (SSSR count). The average Bonchev–Trinajstić information content (AvgIpc) is 2.11. The normalized spacial score (nSPS) is 34.0. The lowest BCUT2D eigenvalue weighted by atomic mass is 9.87. The van der Waals surface area contributed by atoms with E-state index in [4.69, 9.17) is 5.73 Å². The molecule has 0 saturated carbocycles. The number of hydrogen-bond donors (Lipinski definition) is 1. The van der Waals surface area contributed by atoms with Gasteiger partial charge in [-0.1, -0.05) is 0 Å². The number of hydroxylamine groups is 2. The van der Waals surface area contributed by atoms with E-state index in [1.54, 1.807) is 0 Å². The largest absolute Gasteiger partial charge is 0.784 e. The zero-order chi connectivity index (χ0) is 9.57. The predicted octanol–water partition coefficient (Wildman–Crippen LogP) is 1.32. The van der Waals surface area contributed by atoms with Crippen LogP contribution in [-0.2, 0) is 0 Å². The van der Waals surface area contributed by atoms with Crippen molar-refractivity contribution in [3.63, 3.8) is 0 Å². The molecule has 1 aliphatic heterocycles. The summed E-state index contributed by atoms with van der Waals surface area (Å²) in [6, 6.07) is 0. The SMILES string of the molecule is CC1(C)CC(CN)C(C)(C)N1[O-]. The molecule has 12 heavy (non-hydrogen) atoms. The Morgan fingerprint density at radius 2 is 1.92 bits per heavy atom. The molecule has 0 aromatic rings. The molecule has 72 valence electrons. The first kappa shape index (κ1) is 9.96. The Morgan fingerprint density at radius 3 is 2.08 bits per heavy atom. The molecule has 0 radical (unpaired) electrons. The van der Waals surface area contributed by atoms with Crippen LogP contribution < -0.4 is 5.73 Å². The Bertz CT molecular complexity index is 177. The quantitative estimate of drug-likeness (QED) is 0.647. The van der Waals surface area contributed by atoms with Crippen molar-refractivity contribution in [2.45, 2.75) is 45.2 Å². The van der Waals surface area contributed by atoms with Crippen LogP contribution in [0.4, 0.5) is 0 Å². The van der Waals surface area contributed by atoms with Gasteiger partial charge in [-0.2, -0.15) is 0 Å². The molecular formula is C9H19N2O-. The maximum absolute atomic E-state index is 11.8. The van der Waals surface area contributed by atoms with Gasteiger partial charge < -0.3 is 16.0 Å². The first-order valence-corrected chi connectivity index (χ1v) is 4.50. The van der Waals surface area contributed by atoms with Crippen molar-refractivity contribution in [1.29, 1.82) is 0 Å². The summed E-state index contributed by atoms with van der Waals surface area (Å²) in [6.07, 6.45) is 0.903. The van der Waals surface area contributed by atoms with Crippen LogP contribution in [-0.4, -0.2) is 22.7 Å².